The number of carbonyl (C=O) groups is 1. The summed E-state index contributed by atoms with van der Waals surface area (Å²) in [6, 6.07) is 18.3. The number of hydrogen-bond donors (Lipinski definition) is 2. The van der Waals surface area contributed by atoms with E-state index in [9.17, 15) is 4.79 Å². The zero-order chi connectivity index (χ0) is 15.9. The van der Waals surface area contributed by atoms with Crippen molar-refractivity contribution in [3.05, 3.63) is 65.7 Å². The molecule has 0 fully saturated rings. The fraction of sp³-hybridized carbons (Fsp3) is 0.278. The number of hydrogen-bond acceptors (Lipinski definition) is 3. The van der Waals surface area contributed by atoms with Gasteiger partial charge in [-0.25, -0.2) is 0 Å². The summed E-state index contributed by atoms with van der Waals surface area (Å²) in [5, 5.41) is 3.39. The Morgan fingerprint density at radius 3 is 2.32 bits per heavy atom. The smallest absolute Gasteiger partial charge is 0.234 e. The van der Waals surface area contributed by atoms with Gasteiger partial charge >= 0.3 is 0 Å². The van der Waals surface area contributed by atoms with E-state index in [4.69, 9.17) is 5.73 Å². The molecule has 0 aliphatic carbocycles. The maximum atomic E-state index is 11.2. The lowest BCUT2D eigenvalue weighted by atomic mass is 10.1. The molecule has 22 heavy (non-hydrogen) atoms. The molecule has 1 atom stereocenters. The first-order valence-corrected chi connectivity index (χ1v) is 7.42. The lowest BCUT2D eigenvalue weighted by Crippen LogP contribution is -2.39. The molecule has 0 spiro atoms. The number of rotatable bonds is 7. The summed E-state index contributed by atoms with van der Waals surface area (Å²) in [5.41, 5.74) is 8.81. The van der Waals surface area contributed by atoms with Crippen molar-refractivity contribution in [2.75, 3.05) is 12.4 Å². The lowest BCUT2D eigenvalue weighted by Gasteiger charge is -2.22. The third-order valence-electron chi connectivity index (χ3n) is 3.80. The molecule has 2 rings (SSSR count). The van der Waals surface area contributed by atoms with Crippen molar-refractivity contribution in [3.63, 3.8) is 0 Å². The van der Waals surface area contributed by atoms with Gasteiger partial charge in [0.05, 0.1) is 6.04 Å². The van der Waals surface area contributed by atoms with Gasteiger partial charge in [-0.05, 0) is 37.2 Å². The minimum atomic E-state index is -0.302. The highest BCUT2D eigenvalue weighted by Crippen LogP contribution is 2.13. The molecule has 0 radical (unpaired) electrons. The largest absolute Gasteiger partial charge is 0.381 e. The van der Waals surface area contributed by atoms with Crippen LogP contribution in [0.2, 0.25) is 0 Å². The van der Waals surface area contributed by atoms with Crippen LogP contribution in [0.5, 0.6) is 0 Å². The van der Waals surface area contributed by atoms with Crippen molar-refractivity contribution in [1.82, 2.24) is 4.90 Å². The van der Waals surface area contributed by atoms with Crippen molar-refractivity contribution in [2.24, 2.45) is 5.73 Å². The van der Waals surface area contributed by atoms with Crippen LogP contribution in [0.4, 0.5) is 5.69 Å². The number of nitrogens with one attached hydrogen (secondary N) is 1. The first-order chi connectivity index (χ1) is 10.6. The molecule has 0 aliphatic rings. The number of nitrogens with two attached hydrogens (primary N) is 1. The fourth-order valence-corrected chi connectivity index (χ4v) is 2.17. The highest BCUT2D eigenvalue weighted by atomic mass is 16.1. The maximum absolute atomic E-state index is 11.2. The Labute approximate surface area is 131 Å². The van der Waals surface area contributed by atoms with Gasteiger partial charge in [0.25, 0.3) is 0 Å². The van der Waals surface area contributed by atoms with Gasteiger partial charge in [0, 0.05) is 18.8 Å². The molecular formula is C18H23N3O. The number of likely N-dealkylation sites (N-methyl/N-ethyl adjacent to an activating group) is 1. The maximum Gasteiger partial charge on any atom is 0.234 e. The van der Waals surface area contributed by atoms with Crippen LogP contribution in [0.25, 0.3) is 0 Å². The topological polar surface area (TPSA) is 58.4 Å². The van der Waals surface area contributed by atoms with Crippen molar-refractivity contribution < 1.29 is 4.79 Å². The van der Waals surface area contributed by atoms with Crippen LogP contribution in [-0.4, -0.2) is 23.9 Å². The average Bonchev–Trinajstić information content (AvgIpc) is 2.54. The predicted molar refractivity (Wildman–Crippen MR) is 90.3 cm³/mol. The van der Waals surface area contributed by atoms with Gasteiger partial charge < -0.3 is 11.1 Å². The summed E-state index contributed by atoms with van der Waals surface area (Å²) in [5.74, 6) is -0.302. The van der Waals surface area contributed by atoms with E-state index in [2.05, 4.69) is 41.7 Å². The van der Waals surface area contributed by atoms with E-state index in [1.165, 1.54) is 5.56 Å². The molecule has 4 heteroatoms. The highest BCUT2D eigenvalue weighted by molar-refractivity contribution is 5.79. The van der Waals surface area contributed by atoms with Gasteiger partial charge in [-0.15, -0.1) is 0 Å². The molecule has 2 aromatic carbocycles. The first kappa shape index (κ1) is 16.0. The van der Waals surface area contributed by atoms with Crippen LogP contribution >= 0.6 is 0 Å². The van der Waals surface area contributed by atoms with Crippen LogP contribution in [0, 0.1) is 0 Å². The molecular weight excluding hydrogens is 274 g/mol. The second kappa shape index (κ2) is 7.61. The Balaban J connectivity index is 1.89. The monoisotopic (exact) mass is 297 g/mol. The van der Waals surface area contributed by atoms with Crippen LogP contribution in [0.15, 0.2) is 54.6 Å². The zero-order valence-corrected chi connectivity index (χ0v) is 13.1. The fourth-order valence-electron chi connectivity index (χ4n) is 2.17. The van der Waals surface area contributed by atoms with Crippen LogP contribution in [-0.2, 0) is 17.9 Å². The van der Waals surface area contributed by atoms with Gasteiger partial charge in [0.15, 0.2) is 0 Å². The minimum Gasteiger partial charge on any atom is -0.381 e. The Kier molecular flexibility index (Phi) is 5.55. The van der Waals surface area contributed by atoms with E-state index in [1.807, 2.05) is 37.1 Å². The van der Waals surface area contributed by atoms with E-state index in [0.717, 1.165) is 17.8 Å². The second-order valence-electron chi connectivity index (χ2n) is 5.53. The van der Waals surface area contributed by atoms with Crippen molar-refractivity contribution in [1.29, 1.82) is 0 Å². The Bertz CT molecular complexity index is 595. The summed E-state index contributed by atoms with van der Waals surface area (Å²) in [6.07, 6.45) is 0. The van der Waals surface area contributed by atoms with Crippen LogP contribution < -0.4 is 11.1 Å². The molecule has 2 aromatic rings. The molecule has 1 amide bonds. The zero-order valence-electron chi connectivity index (χ0n) is 13.1. The van der Waals surface area contributed by atoms with Gasteiger partial charge in [0.2, 0.25) is 5.91 Å². The molecule has 1 unspecified atom stereocenters. The number of benzene rings is 2. The number of anilines is 1. The molecule has 0 aliphatic heterocycles. The number of amides is 1. The van der Waals surface area contributed by atoms with Gasteiger partial charge in [-0.3, -0.25) is 9.69 Å². The Morgan fingerprint density at radius 1 is 1.09 bits per heavy atom. The van der Waals surface area contributed by atoms with E-state index >= 15 is 0 Å². The van der Waals surface area contributed by atoms with E-state index in [0.29, 0.717) is 6.54 Å². The summed E-state index contributed by atoms with van der Waals surface area (Å²) in [6.45, 7) is 3.32. The Morgan fingerprint density at radius 2 is 1.73 bits per heavy atom. The third kappa shape index (κ3) is 4.60. The molecule has 3 N–H and O–H groups in total. The Hall–Kier alpha value is -2.33. The van der Waals surface area contributed by atoms with Gasteiger partial charge in [-0.2, -0.15) is 0 Å². The second-order valence-corrected chi connectivity index (χ2v) is 5.53. The molecule has 0 bridgehead atoms. The number of carbonyl (C=O) groups excluding carboxylic acids is 1. The van der Waals surface area contributed by atoms with E-state index in [1.54, 1.807) is 0 Å². The third-order valence-corrected chi connectivity index (χ3v) is 3.80. The van der Waals surface area contributed by atoms with Crippen molar-refractivity contribution >= 4 is 11.6 Å². The highest BCUT2D eigenvalue weighted by Gasteiger charge is 2.14. The lowest BCUT2D eigenvalue weighted by molar-refractivity contribution is -0.122. The summed E-state index contributed by atoms with van der Waals surface area (Å²) < 4.78 is 0. The summed E-state index contributed by atoms with van der Waals surface area (Å²) >= 11 is 0. The molecule has 0 aromatic heterocycles. The molecule has 0 heterocycles. The first-order valence-electron chi connectivity index (χ1n) is 7.42. The van der Waals surface area contributed by atoms with Crippen molar-refractivity contribution in [3.8, 4) is 0 Å². The molecule has 0 saturated carbocycles. The molecule has 116 valence electrons. The quantitative estimate of drug-likeness (QED) is 0.826. The standard InChI is InChI=1S/C18H23N3O/c1-14(18(19)22)21(2)13-16-8-10-17(11-9-16)20-12-15-6-4-3-5-7-15/h3-11,14,20H,12-13H2,1-2H3,(H2,19,22). The number of nitrogens with zero attached hydrogens (tertiary/aromatic N) is 1. The minimum absolute atomic E-state index is 0.268. The number of primary amides is 1. The van der Waals surface area contributed by atoms with Gasteiger partial charge in [0.1, 0.15) is 0 Å². The normalized spacial score (nSPS) is 12.1. The molecule has 0 saturated heterocycles. The van der Waals surface area contributed by atoms with Gasteiger partial charge in [-0.1, -0.05) is 42.5 Å². The van der Waals surface area contributed by atoms with Crippen molar-refractivity contribution in [2.45, 2.75) is 26.1 Å². The van der Waals surface area contributed by atoms with Crippen LogP contribution in [0.1, 0.15) is 18.1 Å². The van der Waals surface area contributed by atoms with E-state index < -0.39 is 0 Å². The van der Waals surface area contributed by atoms with E-state index in [-0.39, 0.29) is 11.9 Å². The average molecular weight is 297 g/mol. The molecule has 4 nitrogen and oxygen atoms in total. The predicted octanol–water partition coefficient (Wildman–Crippen LogP) is 2.60. The summed E-state index contributed by atoms with van der Waals surface area (Å²) in [4.78, 5) is 13.1. The summed E-state index contributed by atoms with van der Waals surface area (Å²) in [7, 11) is 1.90. The SMILES string of the molecule is CC(C(N)=O)N(C)Cc1ccc(NCc2ccccc2)cc1. The van der Waals surface area contributed by atoms with Crippen LogP contribution in [0.3, 0.4) is 0 Å².